The summed E-state index contributed by atoms with van der Waals surface area (Å²) in [6.45, 7) is 2.14. The van der Waals surface area contributed by atoms with E-state index in [0.717, 1.165) is 30.4 Å². The van der Waals surface area contributed by atoms with Crippen LogP contribution in [0.4, 0.5) is 8.78 Å². The highest BCUT2D eigenvalue weighted by molar-refractivity contribution is 5.41. The summed E-state index contributed by atoms with van der Waals surface area (Å²) in [5.74, 6) is -1.15. The molecular weight excluding hydrogens is 322 g/mol. The maximum absolute atomic E-state index is 14.3. The van der Waals surface area contributed by atoms with Crippen molar-refractivity contribution in [1.82, 2.24) is 0 Å². The smallest absolute Gasteiger partial charge is 0.254 e. The van der Waals surface area contributed by atoms with Crippen molar-refractivity contribution in [2.45, 2.75) is 51.2 Å². The number of hydrogen-bond donors (Lipinski definition) is 0. The van der Waals surface area contributed by atoms with Crippen LogP contribution in [0.1, 0.15) is 43.7 Å². The molecule has 2 heterocycles. The molecule has 132 valence electrons. The Balaban J connectivity index is 1.75. The van der Waals surface area contributed by atoms with Gasteiger partial charge in [0.2, 0.25) is 0 Å². The number of halogens is 2. The zero-order chi connectivity index (χ0) is 17.4. The number of para-hydroxylation sites is 2. The fourth-order valence-corrected chi connectivity index (χ4v) is 4.03. The number of hydrogen-bond acceptors (Lipinski definition) is 2. The maximum Gasteiger partial charge on any atom is 0.254 e. The summed E-state index contributed by atoms with van der Waals surface area (Å²) in [6.07, 6.45) is 4.97. The van der Waals surface area contributed by atoms with Crippen LogP contribution in [0.15, 0.2) is 36.4 Å². The van der Waals surface area contributed by atoms with Crippen molar-refractivity contribution in [3.8, 4) is 11.5 Å². The SMILES string of the molecule is CCCCC1Cc2cccc(F)c2OC12CCc1cccc(F)c1O2. The largest absolute Gasteiger partial charge is 0.449 e. The van der Waals surface area contributed by atoms with Gasteiger partial charge in [-0.3, -0.25) is 0 Å². The average molecular weight is 344 g/mol. The summed E-state index contributed by atoms with van der Waals surface area (Å²) >= 11 is 0. The fourth-order valence-electron chi connectivity index (χ4n) is 4.03. The standard InChI is InChI=1S/C21H22F2O2/c1-2-3-8-16-13-15-7-5-10-18(23)20(15)25-21(16)12-11-14-6-4-9-17(22)19(14)24-21/h4-7,9-10,16H,2-3,8,11-13H2,1H3. The van der Waals surface area contributed by atoms with Gasteiger partial charge >= 0.3 is 0 Å². The molecule has 2 nitrogen and oxygen atoms in total. The van der Waals surface area contributed by atoms with E-state index in [1.165, 1.54) is 12.1 Å². The Labute approximate surface area is 146 Å². The van der Waals surface area contributed by atoms with Gasteiger partial charge in [-0.2, -0.15) is 0 Å². The van der Waals surface area contributed by atoms with Gasteiger partial charge in [0.05, 0.1) is 0 Å². The second kappa shape index (κ2) is 6.32. The molecule has 0 fully saturated rings. The Kier molecular flexibility index (Phi) is 4.14. The fraction of sp³-hybridized carbons (Fsp3) is 0.429. The molecule has 2 unspecified atom stereocenters. The van der Waals surface area contributed by atoms with Crippen LogP contribution in [-0.2, 0) is 12.8 Å². The molecule has 2 aromatic carbocycles. The van der Waals surface area contributed by atoms with Gasteiger partial charge in [0, 0.05) is 12.3 Å². The normalized spacial score (nSPS) is 24.2. The molecule has 2 atom stereocenters. The highest BCUT2D eigenvalue weighted by Crippen LogP contribution is 2.47. The summed E-state index contributed by atoms with van der Waals surface area (Å²) in [5.41, 5.74) is 1.72. The van der Waals surface area contributed by atoms with E-state index in [1.807, 2.05) is 12.1 Å². The molecule has 0 N–H and O–H groups in total. The Bertz CT molecular complexity index is 785. The van der Waals surface area contributed by atoms with Crippen molar-refractivity contribution in [3.63, 3.8) is 0 Å². The van der Waals surface area contributed by atoms with Crippen LogP contribution in [0.2, 0.25) is 0 Å². The number of rotatable bonds is 3. The van der Waals surface area contributed by atoms with Crippen molar-refractivity contribution in [1.29, 1.82) is 0 Å². The van der Waals surface area contributed by atoms with Gasteiger partial charge in [-0.15, -0.1) is 0 Å². The lowest BCUT2D eigenvalue weighted by Gasteiger charge is -2.47. The minimum absolute atomic E-state index is 0.0782. The van der Waals surface area contributed by atoms with Crippen LogP contribution >= 0.6 is 0 Å². The minimum Gasteiger partial charge on any atom is -0.449 e. The summed E-state index contributed by atoms with van der Waals surface area (Å²) in [7, 11) is 0. The van der Waals surface area contributed by atoms with E-state index >= 15 is 0 Å². The lowest BCUT2D eigenvalue weighted by atomic mass is 9.80. The molecule has 0 aromatic heterocycles. The zero-order valence-electron chi connectivity index (χ0n) is 14.4. The molecule has 0 bridgehead atoms. The van der Waals surface area contributed by atoms with Crippen molar-refractivity contribution in [2.24, 2.45) is 5.92 Å². The molecular formula is C21H22F2O2. The first kappa shape index (κ1) is 16.4. The van der Waals surface area contributed by atoms with E-state index in [1.54, 1.807) is 12.1 Å². The van der Waals surface area contributed by atoms with E-state index in [2.05, 4.69) is 6.92 Å². The molecule has 0 saturated carbocycles. The molecule has 1 spiro atoms. The third kappa shape index (κ3) is 2.78. The van der Waals surface area contributed by atoms with Gasteiger partial charge in [0.25, 0.3) is 5.79 Å². The Morgan fingerprint density at radius 2 is 1.64 bits per heavy atom. The van der Waals surface area contributed by atoms with Crippen LogP contribution in [-0.4, -0.2) is 5.79 Å². The van der Waals surface area contributed by atoms with Crippen molar-refractivity contribution in [2.75, 3.05) is 0 Å². The van der Waals surface area contributed by atoms with Crippen LogP contribution in [0, 0.1) is 17.6 Å². The second-order valence-corrected chi connectivity index (χ2v) is 7.02. The van der Waals surface area contributed by atoms with Gasteiger partial charge < -0.3 is 9.47 Å². The molecule has 2 aliphatic rings. The van der Waals surface area contributed by atoms with Crippen LogP contribution < -0.4 is 9.47 Å². The van der Waals surface area contributed by atoms with Crippen molar-refractivity contribution in [3.05, 3.63) is 59.2 Å². The summed E-state index contributed by atoms with van der Waals surface area (Å²) in [4.78, 5) is 0. The zero-order valence-corrected chi connectivity index (χ0v) is 14.4. The maximum atomic E-state index is 14.3. The molecule has 0 radical (unpaired) electrons. The predicted molar refractivity (Wildman–Crippen MR) is 91.8 cm³/mol. The lowest BCUT2D eigenvalue weighted by Crippen LogP contribution is -2.54. The van der Waals surface area contributed by atoms with Gasteiger partial charge in [-0.25, -0.2) is 8.78 Å². The topological polar surface area (TPSA) is 18.5 Å². The van der Waals surface area contributed by atoms with E-state index in [4.69, 9.17) is 9.47 Å². The van der Waals surface area contributed by atoms with Crippen LogP contribution in [0.25, 0.3) is 0 Å². The first-order valence-corrected chi connectivity index (χ1v) is 9.06. The van der Waals surface area contributed by atoms with Gasteiger partial charge in [-0.05, 0) is 42.5 Å². The molecule has 2 aromatic rings. The summed E-state index contributed by atoms with van der Waals surface area (Å²) in [6, 6.07) is 9.99. The predicted octanol–water partition coefficient (Wildman–Crippen LogP) is 5.43. The van der Waals surface area contributed by atoms with Crippen LogP contribution in [0.5, 0.6) is 11.5 Å². The first-order valence-electron chi connectivity index (χ1n) is 9.06. The Hall–Kier alpha value is -2.10. The average Bonchev–Trinajstić information content (AvgIpc) is 2.62. The number of fused-ring (bicyclic) bond motifs is 2. The lowest BCUT2D eigenvalue weighted by molar-refractivity contribution is -0.181. The van der Waals surface area contributed by atoms with E-state index in [0.29, 0.717) is 19.3 Å². The molecule has 2 aliphatic heterocycles. The van der Waals surface area contributed by atoms with Gasteiger partial charge in [0.15, 0.2) is 23.1 Å². The van der Waals surface area contributed by atoms with E-state index < -0.39 is 5.79 Å². The highest BCUT2D eigenvalue weighted by atomic mass is 19.1. The minimum atomic E-state index is -0.987. The van der Waals surface area contributed by atoms with Crippen molar-refractivity contribution < 1.29 is 18.3 Å². The number of benzene rings is 2. The molecule has 0 aliphatic carbocycles. The quantitative estimate of drug-likeness (QED) is 0.739. The molecule has 4 heteroatoms. The number of unbranched alkanes of at least 4 members (excludes halogenated alkanes) is 1. The van der Waals surface area contributed by atoms with E-state index in [9.17, 15) is 8.78 Å². The Morgan fingerprint density at radius 1 is 1.00 bits per heavy atom. The first-order chi connectivity index (χ1) is 12.1. The summed E-state index contributed by atoms with van der Waals surface area (Å²) in [5, 5.41) is 0. The highest BCUT2D eigenvalue weighted by Gasteiger charge is 2.49. The molecule has 4 rings (SSSR count). The summed E-state index contributed by atoms with van der Waals surface area (Å²) < 4.78 is 40.9. The molecule has 0 saturated heterocycles. The molecule has 0 amide bonds. The van der Waals surface area contributed by atoms with E-state index in [-0.39, 0.29) is 29.1 Å². The van der Waals surface area contributed by atoms with Gasteiger partial charge in [0.1, 0.15) is 0 Å². The van der Waals surface area contributed by atoms with Crippen molar-refractivity contribution >= 4 is 0 Å². The third-order valence-corrected chi connectivity index (χ3v) is 5.38. The Morgan fingerprint density at radius 3 is 2.32 bits per heavy atom. The number of aryl methyl sites for hydroxylation is 1. The second-order valence-electron chi connectivity index (χ2n) is 7.02. The molecule has 25 heavy (non-hydrogen) atoms. The van der Waals surface area contributed by atoms with Crippen LogP contribution in [0.3, 0.4) is 0 Å². The number of ether oxygens (including phenoxy) is 2. The van der Waals surface area contributed by atoms with Gasteiger partial charge in [-0.1, -0.05) is 44.0 Å². The third-order valence-electron chi connectivity index (χ3n) is 5.38. The monoisotopic (exact) mass is 344 g/mol.